The van der Waals surface area contributed by atoms with Crippen LogP contribution in [0.25, 0.3) is 21.9 Å². The van der Waals surface area contributed by atoms with E-state index in [0.29, 0.717) is 17.5 Å². The Hall–Kier alpha value is -3.67. The topological polar surface area (TPSA) is 91.1 Å². The summed E-state index contributed by atoms with van der Waals surface area (Å²) in [6, 6.07) is 14.5. The smallest absolute Gasteiger partial charge is 0.258 e. The molecule has 0 saturated heterocycles. The molecule has 0 aliphatic rings. The van der Waals surface area contributed by atoms with Gasteiger partial charge in [0.15, 0.2) is 0 Å². The maximum absolute atomic E-state index is 12.9. The molecule has 6 nitrogen and oxygen atoms in total. The number of rotatable bonds is 4. The fraction of sp³-hybridized carbons (Fsp3) is 0.0952. The third kappa shape index (κ3) is 3.13. The lowest BCUT2D eigenvalue weighted by molar-refractivity contribution is 0.1000. The van der Waals surface area contributed by atoms with Crippen LogP contribution in [-0.4, -0.2) is 15.6 Å². The summed E-state index contributed by atoms with van der Waals surface area (Å²) in [7, 11) is 0. The number of hydrogen-bond donors (Lipinski definition) is 1. The van der Waals surface area contributed by atoms with Crippen molar-refractivity contribution in [2.75, 3.05) is 0 Å². The number of pyridine rings is 1. The van der Waals surface area contributed by atoms with Gasteiger partial charge in [-0.2, -0.15) is 0 Å². The molecular formula is C21H17N3O3. The molecule has 0 atom stereocenters. The molecule has 2 heterocycles. The summed E-state index contributed by atoms with van der Waals surface area (Å²) in [6.07, 6.45) is 3.36. The van der Waals surface area contributed by atoms with Crippen molar-refractivity contribution < 1.29 is 9.32 Å². The van der Waals surface area contributed by atoms with Crippen LogP contribution in [0.2, 0.25) is 0 Å². The average Bonchev–Trinajstić information content (AvgIpc) is 3.10. The highest BCUT2D eigenvalue weighted by molar-refractivity contribution is 5.92. The van der Waals surface area contributed by atoms with Crippen molar-refractivity contribution in [3.8, 4) is 11.1 Å². The van der Waals surface area contributed by atoms with Crippen molar-refractivity contribution in [1.29, 1.82) is 0 Å². The molecule has 134 valence electrons. The lowest BCUT2D eigenvalue weighted by Gasteiger charge is -2.09. The molecule has 2 aromatic heterocycles. The molecule has 4 aromatic rings. The minimum absolute atomic E-state index is 0.0921. The number of benzene rings is 2. The van der Waals surface area contributed by atoms with Crippen molar-refractivity contribution in [2.24, 2.45) is 5.73 Å². The standard InChI is InChI=1S/C21H17N3O3/c1-13-19(12-27-23-13)15-5-6-18-16(10-15)7-8-24(21(18)26)11-14-3-2-4-17(9-14)20(22)25/h2-10,12H,11H2,1H3,(H2,22,25). The fourth-order valence-corrected chi connectivity index (χ4v) is 3.17. The summed E-state index contributed by atoms with van der Waals surface area (Å²) in [5, 5.41) is 5.37. The van der Waals surface area contributed by atoms with Crippen LogP contribution in [0, 0.1) is 6.92 Å². The second-order valence-corrected chi connectivity index (χ2v) is 6.43. The number of amides is 1. The molecule has 1 amide bonds. The van der Waals surface area contributed by atoms with Crippen LogP contribution in [0.3, 0.4) is 0 Å². The van der Waals surface area contributed by atoms with Gasteiger partial charge < -0.3 is 14.8 Å². The van der Waals surface area contributed by atoms with Crippen LogP contribution < -0.4 is 11.3 Å². The molecule has 0 radical (unpaired) electrons. The number of aromatic nitrogens is 2. The first-order chi connectivity index (χ1) is 13.0. The first kappa shape index (κ1) is 16.8. The molecule has 0 bridgehead atoms. The Morgan fingerprint density at radius 2 is 2.04 bits per heavy atom. The van der Waals surface area contributed by atoms with E-state index in [1.165, 1.54) is 0 Å². The van der Waals surface area contributed by atoms with Gasteiger partial charge in [-0.1, -0.05) is 23.4 Å². The molecule has 27 heavy (non-hydrogen) atoms. The highest BCUT2D eigenvalue weighted by Crippen LogP contribution is 2.25. The van der Waals surface area contributed by atoms with E-state index in [1.54, 1.807) is 35.2 Å². The zero-order valence-electron chi connectivity index (χ0n) is 14.7. The molecule has 4 rings (SSSR count). The lowest BCUT2D eigenvalue weighted by atomic mass is 10.0. The van der Waals surface area contributed by atoms with Gasteiger partial charge in [0.05, 0.1) is 12.2 Å². The number of fused-ring (bicyclic) bond motifs is 1. The van der Waals surface area contributed by atoms with Crippen LogP contribution in [-0.2, 0) is 6.54 Å². The normalized spacial score (nSPS) is 11.0. The van der Waals surface area contributed by atoms with Gasteiger partial charge in [-0.05, 0) is 53.8 Å². The van der Waals surface area contributed by atoms with Crippen molar-refractivity contribution in [1.82, 2.24) is 9.72 Å². The summed E-state index contributed by atoms with van der Waals surface area (Å²) in [5.41, 5.74) is 9.16. The number of carbonyl (C=O) groups is 1. The van der Waals surface area contributed by atoms with Gasteiger partial charge in [0.25, 0.3) is 5.56 Å². The van der Waals surface area contributed by atoms with E-state index < -0.39 is 5.91 Å². The largest absolute Gasteiger partial charge is 0.366 e. The Balaban J connectivity index is 1.72. The molecule has 2 aromatic carbocycles. The van der Waals surface area contributed by atoms with Crippen molar-refractivity contribution >= 4 is 16.7 Å². The van der Waals surface area contributed by atoms with Gasteiger partial charge in [0.1, 0.15) is 6.26 Å². The van der Waals surface area contributed by atoms with E-state index in [9.17, 15) is 9.59 Å². The summed E-state index contributed by atoms with van der Waals surface area (Å²) in [5.74, 6) is -0.487. The predicted molar refractivity (Wildman–Crippen MR) is 103 cm³/mol. The minimum atomic E-state index is -0.487. The van der Waals surface area contributed by atoms with Crippen LogP contribution in [0.5, 0.6) is 0 Å². The number of nitrogens with two attached hydrogens (primary N) is 1. The van der Waals surface area contributed by atoms with Gasteiger partial charge in [-0.25, -0.2) is 0 Å². The third-order valence-corrected chi connectivity index (χ3v) is 4.60. The number of primary amides is 1. The summed E-state index contributed by atoms with van der Waals surface area (Å²) < 4.78 is 6.62. The van der Waals surface area contributed by atoms with Gasteiger partial charge in [-0.15, -0.1) is 0 Å². The van der Waals surface area contributed by atoms with Gasteiger partial charge in [0, 0.05) is 22.7 Å². The highest BCUT2D eigenvalue weighted by Gasteiger charge is 2.10. The molecular weight excluding hydrogens is 342 g/mol. The van der Waals surface area contributed by atoms with E-state index in [0.717, 1.165) is 27.8 Å². The second kappa shape index (κ2) is 6.57. The quantitative estimate of drug-likeness (QED) is 0.606. The SMILES string of the molecule is Cc1nocc1-c1ccc2c(=O)n(Cc3cccc(C(N)=O)c3)ccc2c1. The van der Waals surface area contributed by atoms with Crippen molar-refractivity contribution in [3.63, 3.8) is 0 Å². The van der Waals surface area contributed by atoms with E-state index in [1.807, 2.05) is 37.3 Å². The van der Waals surface area contributed by atoms with Crippen molar-refractivity contribution in [3.05, 3.63) is 88.2 Å². The molecule has 0 aliphatic heterocycles. The third-order valence-electron chi connectivity index (χ3n) is 4.60. The number of carbonyl (C=O) groups excluding carboxylic acids is 1. The van der Waals surface area contributed by atoms with E-state index in [4.69, 9.17) is 10.3 Å². The van der Waals surface area contributed by atoms with Crippen LogP contribution >= 0.6 is 0 Å². The Kier molecular flexibility index (Phi) is 4.08. The number of hydrogen-bond acceptors (Lipinski definition) is 4. The maximum atomic E-state index is 12.9. The zero-order chi connectivity index (χ0) is 19.0. The minimum Gasteiger partial charge on any atom is -0.366 e. The number of nitrogens with zero attached hydrogens (tertiary/aromatic N) is 2. The van der Waals surface area contributed by atoms with Gasteiger partial charge >= 0.3 is 0 Å². The lowest BCUT2D eigenvalue weighted by Crippen LogP contribution is -2.20. The molecule has 0 unspecified atom stereocenters. The molecule has 0 aliphatic carbocycles. The first-order valence-electron chi connectivity index (χ1n) is 8.46. The Bertz CT molecular complexity index is 1220. The monoisotopic (exact) mass is 359 g/mol. The summed E-state index contributed by atoms with van der Waals surface area (Å²) in [4.78, 5) is 24.2. The van der Waals surface area contributed by atoms with Crippen LogP contribution in [0.4, 0.5) is 0 Å². The average molecular weight is 359 g/mol. The molecule has 0 spiro atoms. The van der Waals surface area contributed by atoms with E-state index in [-0.39, 0.29) is 5.56 Å². The predicted octanol–water partition coefficient (Wildman–Crippen LogP) is 3.11. The fourth-order valence-electron chi connectivity index (χ4n) is 3.17. The van der Waals surface area contributed by atoms with Gasteiger partial charge in [0.2, 0.25) is 5.91 Å². The van der Waals surface area contributed by atoms with Gasteiger partial charge in [-0.3, -0.25) is 9.59 Å². The van der Waals surface area contributed by atoms with E-state index in [2.05, 4.69) is 5.16 Å². The molecule has 6 heteroatoms. The summed E-state index contributed by atoms with van der Waals surface area (Å²) >= 11 is 0. The van der Waals surface area contributed by atoms with Crippen LogP contribution in [0.1, 0.15) is 21.6 Å². The van der Waals surface area contributed by atoms with Crippen molar-refractivity contribution in [2.45, 2.75) is 13.5 Å². The molecule has 2 N–H and O–H groups in total. The second-order valence-electron chi connectivity index (χ2n) is 6.43. The first-order valence-corrected chi connectivity index (χ1v) is 8.46. The van der Waals surface area contributed by atoms with E-state index >= 15 is 0 Å². The molecule has 0 saturated carbocycles. The number of aryl methyl sites for hydroxylation is 1. The van der Waals surface area contributed by atoms with Crippen LogP contribution in [0.15, 0.2) is 70.3 Å². The Labute approximate surface area is 154 Å². The summed E-state index contributed by atoms with van der Waals surface area (Å²) in [6.45, 7) is 2.24. The Morgan fingerprint density at radius 3 is 2.78 bits per heavy atom. The maximum Gasteiger partial charge on any atom is 0.258 e. The molecule has 0 fully saturated rings. The Morgan fingerprint density at radius 1 is 1.19 bits per heavy atom. The highest BCUT2D eigenvalue weighted by atomic mass is 16.5. The zero-order valence-corrected chi connectivity index (χ0v) is 14.7.